The molecule has 0 amide bonds. The second-order valence-corrected chi connectivity index (χ2v) is 7.62. The number of ether oxygens (including phenoxy) is 1. The van der Waals surface area contributed by atoms with Gasteiger partial charge in [0.25, 0.3) is 0 Å². The van der Waals surface area contributed by atoms with Gasteiger partial charge in [-0.3, -0.25) is 0 Å². The summed E-state index contributed by atoms with van der Waals surface area (Å²) in [5.41, 5.74) is 1.25. The van der Waals surface area contributed by atoms with Crippen LogP contribution < -0.4 is 0 Å². The fourth-order valence-corrected chi connectivity index (χ4v) is 0.766. The van der Waals surface area contributed by atoms with E-state index in [1.807, 2.05) is 48.5 Å². The highest BCUT2D eigenvalue weighted by molar-refractivity contribution is 7.94. The lowest BCUT2D eigenvalue weighted by molar-refractivity contribution is 0.191. The van der Waals surface area contributed by atoms with Gasteiger partial charge in [-0.1, -0.05) is 138 Å². The zero-order valence-electron chi connectivity index (χ0n) is 25.3. The Morgan fingerprint density at radius 3 is 1.17 bits per heavy atom. The lowest BCUT2D eigenvalue weighted by Gasteiger charge is -1.90. The van der Waals surface area contributed by atoms with Crippen molar-refractivity contribution in [3.05, 3.63) is 24.3 Å². The van der Waals surface area contributed by atoms with E-state index < -0.39 is 0 Å². The Morgan fingerprint density at radius 1 is 0.854 bits per heavy atom. The van der Waals surface area contributed by atoms with E-state index in [4.69, 9.17) is 5.11 Å². The van der Waals surface area contributed by atoms with E-state index in [2.05, 4.69) is 67.2 Å². The maximum Gasteiger partial charge on any atom is 0.0509 e. The Balaban J connectivity index is -0.0000000144. The molecule has 0 fully saturated rings. The van der Waals surface area contributed by atoms with E-state index in [9.17, 15) is 0 Å². The van der Waals surface area contributed by atoms with E-state index in [-0.39, 0.29) is 65.5 Å². The van der Waals surface area contributed by atoms with Crippen LogP contribution in [0.15, 0.2) is 24.3 Å². The molecule has 3 nitrogen and oxygen atoms in total. The number of hydrogen-bond acceptors (Lipinski definition) is 4. The highest BCUT2D eigenvalue weighted by atomic mass is 32.2. The molecule has 0 radical (unpaired) electrons. The molecule has 1 atom stereocenters. The summed E-state index contributed by atoms with van der Waals surface area (Å²) in [6.45, 7) is 28.8. The number of aliphatic hydroxyl groups is 1. The molecule has 0 aliphatic heterocycles. The van der Waals surface area contributed by atoms with Crippen molar-refractivity contribution in [3.8, 4) is 11.8 Å². The van der Waals surface area contributed by atoms with Crippen LogP contribution in [-0.2, 0) is 8.92 Å². The summed E-state index contributed by atoms with van der Waals surface area (Å²) in [5, 5.41) is 8.36. The predicted octanol–water partition coefficient (Wildman–Crippen LogP) is 15.0. The van der Waals surface area contributed by atoms with Crippen LogP contribution in [0.2, 0.25) is 0 Å². The quantitative estimate of drug-likeness (QED) is 0.174. The number of rotatable bonds is 7. The van der Waals surface area contributed by atoms with Crippen molar-refractivity contribution in [1.29, 1.82) is 0 Å². The standard InChI is InChI=1S/2C5H10.C5H8.C4H10O.C4H10.C3H8OS.C3H8O.8CH4/c1-4-5(2)3;2*1-3-5-4-2;1-3-4(2)5;1-3-4-2;1-3-5-4-2;1-3-4-2;;;;;;;;/h2,4H2,1,3H3;3,5H,4H2,1-2H3;3H2,1-2H3;4-5H,3H2,1-2H3;3-4H2,1-2H3;3H2,1-2H3;3H2,1-2H3;8*1H4. The number of aliphatic hydroxyl groups excluding tert-OH is 1. The molecule has 0 saturated carbocycles. The van der Waals surface area contributed by atoms with Crippen molar-refractivity contribution in [3.63, 3.8) is 0 Å². The van der Waals surface area contributed by atoms with Gasteiger partial charge in [-0.05, 0) is 65.9 Å². The van der Waals surface area contributed by atoms with Gasteiger partial charge >= 0.3 is 0 Å². The van der Waals surface area contributed by atoms with Crippen molar-refractivity contribution in [2.45, 2.75) is 187 Å². The van der Waals surface area contributed by atoms with Crippen LogP contribution in [-0.4, -0.2) is 37.8 Å². The minimum Gasteiger partial charge on any atom is -0.393 e. The minimum absolute atomic E-state index is 0. The maximum atomic E-state index is 8.36. The number of methoxy groups -OCH3 is 1. The first-order valence-corrected chi connectivity index (χ1v) is 13.5. The summed E-state index contributed by atoms with van der Waals surface area (Å²) < 4.78 is 9.15. The Hall–Kier alpha value is -0.730. The lowest BCUT2D eigenvalue weighted by Crippen LogP contribution is -1.93. The highest BCUT2D eigenvalue weighted by Gasteiger charge is 1.81. The van der Waals surface area contributed by atoms with E-state index >= 15 is 0 Å². The summed E-state index contributed by atoms with van der Waals surface area (Å²) in [7, 11) is 3.36. The molecular formula is C37H96O3S. The largest absolute Gasteiger partial charge is 0.393 e. The molecule has 0 aromatic carbocycles. The Kier molecular flexibility index (Phi) is 332. The van der Waals surface area contributed by atoms with Crippen LogP contribution in [0.1, 0.15) is 181 Å². The number of unbranched alkanes of at least 4 members (excludes halogenated alkanes) is 1. The zero-order chi connectivity index (χ0) is 27.8. The first-order chi connectivity index (χ1) is 15.6. The van der Waals surface area contributed by atoms with Crippen molar-refractivity contribution >= 4 is 12.0 Å². The van der Waals surface area contributed by atoms with Gasteiger partial charge in [0.05, 0.1) is 13.2 Å². The average molecular weight is 621 g/mol. The third kappa shape index (κ3) is 429. The predicted molar refractivity (Wildman–Crippen MR) is 213 cm³/mol. The van der Waals surface area contributed by atoms with Crippen molar-refractivity contribution in [2.75, 3.05) is 26.6 Å². The van der Waals surface area contributed by atoms with Gasteiger partial charge in [-0.15, -0.1) is 18.4 Å². The van der Waals surface area contributed by atoms with Gasteiger partial charge in [-0.25, -0.2) is 0 Å². The van der Waals surface area contributed by atoms with Crippen LogP contribution in [0.5, 0.6) is 0 Å². The maximum absolute atomic E-state index is 8.36. The van der Waals surface area contributed by atoms with Crippen molar-refractivity contribution in [1.82, 2.24) is 0 Å². The molecule has 1 unspecified atom stereocenters. The zero-order valence-corrected chi connectivity index (χ0v) is 26.1. The average Bonchev–Trinajstić information content (AvgIpc) is 2.82. The van der Waals surface area contributed by atoms with Gasteiger partial charge in [0, 0.05) is 25.9 Å². The molecule has 0 aromatic heterocycles. The third-order valence-corrected chi connectivity index (χ3v) is 3.52. The molecule has 0 bridgehead atoms. The fraction of sp³-hybridized carbons (Fsp3) is 0.838. The Bertz CT molecular complexity index is 334. The molecule has 0 rings (SSSR count). The number of hydrogen-bond donors (Lipinski definition) is 1. The fourth-order valence-electron chi connectivity index (χ4n) is 0.530. The van der Waals surface area contributed by atoms with Gasteiger partial charge in [0.2, 0.25) is 0 Å². The molecule has 1 N–H and O–H groups in total. The minimum atomic E-state index is -0.116. The smallest absolute Gasteiger partial charge is 0.0509 e. The summed E-state index contributed by atoms with van der Waals surface area (Å²) in [5.74, 6) is 6.67. The van der Waals surface area contributed by atoms with E-state index in [0.717, 1.165) is 38.0 Å². The second kappa shape index (κ2) is 140. The van der Waals surface area contributed by atoms with Crippen LogP contribution in [0.4, 0.5) is 0 Å². The van der Waals surface area contributed by atoms with Crippen LogP contribution in [0.25, 0.3) is 0 Å². The SMILES string of the molecule is C.C.C.C.C.C.C.C.C=C(C)CC.CC#CCC.CC=CCC.CCC(C)O.CCCC.CCOC.CCSOC. The van der Waals surface area contributed by atoms with E-state index in [1.165, 1.54) is 30.5 Å². The summed E-state index contributed by atoms with van der Waals surface area (Å²) in [6.07, 6.45) is 10.8. The van der Waals surface area contributed by atoms with Gasteiger partial charge in [-0.2, -0.15) is 0 Å². The van der Waals surface area contributed by atoms with Gasteiger partial charge in [0.1, 0.15) is 0 Å². The van der Waals surface area contributed by atoms with Gasteiger partial charge in [0.15, 0.2) is 0 Å². The van der Waals surface area contributed by atoms with Crippen LogP contribution in [0, 0.1) is 11.8 Å². The molecule has 4 heteroatoms. The Labute approximate surface area is 275 Å². The van der Waals surface area contributed by atoms with Crippen molar-refractivity contribution < 1.29 is 14.0 Å². The van der Waals surface area contributed by atoms with Gasteiger partial charge < -0.3 is 14.0 Å². The summed E-state index contributed by atoms with van der Waals surface area (Å²) in [4.78, 5) is 0. The Morgan fingerprint density at radius 2 is 1.17 bits per heavy atom. The molecule has 0 aliphatic carbocycles. The second-order valence-electron chi connectivity index (χ2n) is 6.48. The third-order valence-electron chi connectivity index (χ3n) is 3.04. The molecule has 0 heterocycles. The monoisotopic (exact) mass is 621 g/mol. The molecule has 0 aromatic rings. The van der Waals surface area contributed by atoms with Crippen molar-refractivity contribution in [2.24, 2.45) is 0 Å². The van der Waals surface area contributed by atoms with E-state index in [0.29, 0.717) is 0 Å². The summed E-state index contributed by atoms with van der Waals surface area (Å²) >= 11 is 1.46. The topological polar surface area (TPSA) is 38.7 Å². The summed E-state index contributed by atoms with van der Waals surface area (Å²) in [6, 6.07) is 0. The van der Waals surface area contributed by atoms with Crippen LogP contribution >= 0.6 is 12.0 Å². The molecular weight excluding hydrogens is 524 g/mol. The lowest BCUT2D eigenvalue weighted by atomic mass is 10.3. The normalized spacial score (nSPS) is 7.10. The highest BCUT2D eigenvalue weighted by Crippen LogP contribution is 1.94. The first kappa shape index (κ1) is 97.3. The molecule has 268 valence electrons. The molecule has 41 heavy (non-hydrogen) atoms. The van der Waals surface area contributed by atoms with E-state index in [1.54, 1.807) is 21.1 Å². The molecule has 0 spiro atoms. The first-order valence-electron chi connectivity index (χ1n) is 12.6. The van der Waals surface area contributed by atoms with Crippen LogP contribution in [0.3, 0.4) is 0 Å². The molecule has 0 saturated heterocycles. The molecule has 0 aliphatic rings. The number of allylic oxidation sites excluding steroid dienone is 3.